The van der Waals surface area contributed by atoms with Crippen LogP contribution in [0.2, 0.25) is 0 Å². The number of hydrogen-bond donors (Lipinski definition) is 1. The second-order valence-corrected chi connectivity index (χ2v) is 3.10. The molecule has 0 aromatic rings. The summed E-state index contributed by atoms with van der Waals surface area (Å²) in [4.78, 5) is 0. The van der Waals surface area contributed by atoms with Crippen LogP contribution < -0.4 is 5.43 Å². The van der Waals surface area contributed by atoms with Gasteiger partial charge in [-0.05, 0) is 12.3 Å². The van der Waals surface area contributed by atoms with E-state index >= 15 is 0 Å². The normalized spacial score (nSPS) is 14.1. The van der Waals surface area contributed by atoms with Crippen molar-refractivity contribution in [3.63, 3.8) is 0 Å². The lowest BCUT2D eigenvalue weighted by atomic mass is 10.1. The average molecular weight is 144 g/mol. The maximum Gasteiger partial charge on any atom is 0.0104 e. The van der Waals surface area contributed by atoms with E-state index in [9.17, 15) is 0 Å². The van der Waals surface area contributed by atoms with Crippen LogP contribution in [0, 0.1) is 5.92 Å². The van der Waals surface area contributed by atoms with Gasteiger partial charge in [0, 0.05) is 20.6 Å². The molecule has 0 rings (SSSR count). The molecule has 0 aromatic carbocycles. The largest absolute Gasteiger partial charge is 0.256 e. The summed E-state index contributed by atoms with van der Waals surface area (Å²) in [5.41, 5.74) is 3.24. The van der Waals surface area contributed by atoms with E-state index in [1.807, 2.05) is 19.1 Å². The van der Waals surface area contributed by atoms with Crippen molar-refractivity contribution in [3.8, 4) is 0 Å². The minimum Gasteiger partial charge on any atom is -0.256 e. The molecule has 0 spiro atoms. The summed E-state index contributed by atoms with van der Waals surface area (Å²) in [5, 5.41) is 2.00. The molecule has 10 heavy (non-hydrogen) atoms. The van der Waals surface area contributed by atoms with Crippen molar-refractivity contribution in [1.29, 1.82) is 0 Å². The van der Waals surface area contributed by atoms with E-state index in [2.05, 4.69) is 19.3 Å². The van der Waals surface area contributed by atoms with Gasteiger partial charge in [0.25, 0.3) is 0 Å². The van der Waals surface area contributed by atoms with Gasteiger partial charge in [0.1, 0.15) is 0 Å². The van der Waals surface area contributed by atoms with Crippen molar-refractivity contribution >= 4 is 0 Å². The summed E-state index contributed by atoms with van der Waals surface area (Å²) in [5.74, 6) is 0.854. The quantitative estimate of drug-likeness (QED) is 0.588. The Morgan fingerprint density at radius 1 is 1.40 bits per heavy atom. The molecule has 0 fully saturated rings. The molecule has 0 heterocycles. The highest BCUT2D eigenvalue weighted by atomic mass is 15.5. The Hall–Kier alpha value is -0.0800. The number of nitrogens with zero attached hydrogens (tertiary/aromatic N) is 1. The van der Waals surface area contributed by atoms with Gasteiger partial charge in [0.05, 0.1) is 0 Å². The zero-order valence-corrected chi connectivity index (χ0v) is 7.65. The van der Waals surface area contributed by atoms with Crippen LogP contribution in [0.1, 0.15) is 26.7 Å². The molecule has 2 heteroatoms. The SMILES string of the molecule is CCC(C)CCNN(C)C. The summed E-state index contributed by atoms with van der Waals surface area (Å²) in [6.45, 7) is 5.62. The van der Waals surface area contributed by atoms with Crippen LogP contribution in [-0.2, 0) is 0 Å². The minimum atomic E-state index is 0.854. The molecule has 62 valence electrons. The van der Waals surface area contributed by atoms with Gasteiger partial charge in [-0.2, -0.15) is 0 Å². The second kappa shape index (κ2) is 5.69. The molecule has 0 saturated heterocycles. The Morgan fingerprint density at radius 2 is 2.00 bits per heavy atom. The minimum absolute atomic E-state index is 0.854. The third kappa shape index (κ3) is 6.05. The Kier molecular flexibility index (Phi) is 5.64. The van der Waals surface area contributed by atoms with Crippen LogP contribution >= 0.6 is 0 Å². The average Bonchev–Trinajstić information content (AvgIpc) is 1.87. The fourth-order valence-electron chi connectivity index (χ4n) is 0.739. The summed E-state index contributed by atoms with van der Waals surface area (Å²) in [7, 11) is 4.05. The number of hydrazine groups is 1. The van der Waals surface area contributed by atoms with Crippen LogP contribution in [0.5, 0.6) is 0 Å². The van der Waals surface area contributed by atoms with Gasteiger partial charge in [-0.25, -0.2) is 0 Å². The maximum absolute atomic E-state index is 3.24. The van der Waals surface area contributed by atoms with Crippen LogP contribution in [0.25, 0.3) is 0 Å². The topological polar surface area (TPSA) is 15.3 Å². The molecular formula is C8H20N2. The molecule has 0 aliphatic carbocycles. The Balaban J connectivity index is 3.03. The van der Waals surface area contributed by atoms with Crippen molar-refractivity contribution in [3.05, 3.63) is 0 Å². The molecule has 0 aromatic heterocycles. The number of nitrogens with one attached hydrogen (secondary N) is 1. The molecule has 0 amide bonds. The van der Waals surface area contributed by atoms with Crippen molar-refractivity contribution in [2.45, 2.75) is 26.7 Å². The fourth-order valence-corrected chi connectivity index (χ4v) is 0.739. The van der Waals surface area contributed by atoms with Crippen molar-refractivity contribution in [2.75, 3.05) is 20.6 Å². The van der Waals surface area contributed by atoms with E-state index in [0.717, 1.165) is 12.5 Å². The van der Waals surface area contributed by atoms with Crippen molar-refractivity contribution < 1.29 is 0 Å². The van der Waals surface area contributed by atoms with E-state index in [0.29, 0.717) is 0 Å². The van der Waals surface area contributed by atoms with Crippen LogP contribution in [0.4, 0.5) is 0 Å². The standard InChI is InChI=1S/C8H20N2/c1-5-8(2)6-7-9-10(3)4/h8-9H,5-7H2,1-4H3. The summed E-state index contributed by atoms with van der Waals surface area (Å²) in [6.07, 6.45) is 2.56. The van der Waals surface area contributed by atoms with E-state index < -0.39 is 0 Å². The molecule has 1 unspecified atom stereocenters. The van der Waals surface area contributed by atoms with Gasteiger partial charge in [-0.1, -0.05) is 20.3 Å². The molecule has 2 nitrogen and oxygen atoms in total. The monoisotopic (exact) mass is 144 g/mol. The zero-order valence-electron chi connectivity index (χ0n) is 7.65. The molecule has 1 atom stereocenters. The summed E-state index contributed by atoms with van der Waals surface area (Å²) in [6, 6.07) is 0. The van der Waals surface area contributed by atoms with Crippen molar-refractivity contribution in [2.24, 2.45) is 5.92 Å². The highest BCUT2D eigenvalue weighted by Gasteiger charge is 1.96. The first-order chi connectivity index (χ1) is 4.66. The predicted molar refractivity (Wildman–Crippen MR) is 45.8 cm³/mol. The molecule has 1 N–H and O–H groups in total. The zero-order chi connectivity index (χ0) is 7.98. The smallest absolute Gasteiger partial charge is 0.0104 e. The highest BCUT2D eigenvalue weighted by Crippen LogP contribution is 2.03. The fraction of sp³-hybridized carbons (Fsp3) is 1.00. The van der Waals surface area contributed by atoms with Crippen LogP contribution in [-0.4, -0.2) is 25.6 Å². The van der Waals surface area contributed by atoms with Gasteiger partial charge < -0.3 is 0 Å². The Labute approximate surface area is 64.6 Å². The van der Waals surface area contributed by atoms with E-state index in [1.165, 1.54) is 12.8 Å². The first-order valence-electron chi connectivity index (χ1n) is 4.07. The van der Waals surface area contributed by atoms with Gasteiger partial charge >= 0.3 is 0 Å². The second-order valence-electron chi connectivity index (χ2n) is 3.10. The third-order valence-corrected chi connectivity index (χ3v) is 1.76. The van der Waals surface area contributed by atoms with E-state index in [-0.39, 0.29) is 0 Å². The Bertz CT molecular complexity index is 71.7. The molecule has 0 radical (unpaired) electrons. The molecule has 0 saturated carbocycles. The first kappa shape index (κ1) is 9.92. The van der Waals surface area contributed by atoms with E-state index in [1.54, 1.807) is 0 Å². The van der Waals surface area contributed by atoms with Gasteiger partial charge in [-0.15, -0.1) is 0 Å². The van der Waals surface area contributed by atoms with Crippen molar-refractivity contribution in [1.82, 2.24) is 10.4 Å². The molecular weight excluding hydrogens is 124 g/mol. The van der Waals surface area contributed by atoms with E-state index in [4.69, 9.17) is 0 Å². The van der Waals surface area contributed by atoms with Crippen LogP contribution in [0.15, 0.2) is 0 Å². The first-order valence-corrected chi connectivity index (χ1v) is 4.07. The van der Waals surface area contributed by atoms with Gasteiger partial charge in [-0.3, -0.25) is 10.4 Å². The lowest BCUT2D eigenvalue weighted by molar-refractivity contribution is 0.277. The number of hydrogen-bond acceptors (Lipinski definition) is 2. The highest BCUT2D eigenvalue weighted by molar-refractivity contribution is 4.50. The summed E-state index contributed by atoms with van der Waals surface area (Å²) >= 11 is 0. The third-order valence-electron chi connectivity index (χ3n) is 1.76. The molecule has 0 bridgehead atoms. The van der Waals surface area contributed by atoms with Gasteiger partial charge in [0.2, 0.25) is 0 Å². The maximum atomic E-state index is 3.24. The lowest BCUT2D eigenvalue weighted by Gasteiger charge is -2.13. The van der Waals surface area contributed by atoms with Gasteiger partial charge in [0.15, 0.2) is 0 Å². The number of rotatable bonds is 5. The van der Waals surface area contributed by atoms with Crippen LogP contribution in [0.3, 0.4) is 0 Å². The predicted octanol–water partition coefficient (Wildman–Crippen LogP) is 1.49. The molecule has 0 aliphatic heterocycles. The lowest BCUT2D eigenvalue weighted by Crippen LogP contribution is -2.31. The molecule has 0 aliphatic rings. The Morgan fingerprint density at radius 3 is 2.40 bits per heavy atom. The summed E-state index contributed by atoms with van der Waals surface area (Å²) < 4.78 is 0.